The molecule has 0 aliphatic rings. The van der Waals surface area contributed by atoms with E-state index in [2.05, 4.69) is 0 Å². The number of carbonyl (C=O) groups excluding carboxylic acids is 1. The van der Waals surface area contributed by atoms with Crippen molar-refractivity contribution in [3.8, 4) is 5.75 Å². The highest BCUT2D eigenvalue weighted by atomic mass is 16.5. The zero-order valence-electron chi connectivity index (χ0n) is 7.55. The van der Waals surface area contributed by atoms with Crippen LogP contribution in [-0.2, 0) is 0 Å². The minimum absolute atomic E-state index is 0.760. The molecule has 0 aliphatic carbocycles. The molecule has 0 heterocycles. The maximum atomic E-state index is 10.6. The lowest BCUT2D eigenvalue weighted by molar-refractivity contribution is 0.112. The van der Waals surface area contributed by atoms with Crippen LogP contribution >= 0.6 is 0 Å². The number of carbonyl (C=O) groups is 1. The van der Waals surface area contributed by atoms with Crippen LogP contribution in [0.1, 0.15) is 21.5 Å². The Morgan fingerprint density at radius 2 is 1.75 bits per heavy atom. The molecule has 0 bridgehead atoms. The first-order chi connectivity index (χ1) is 5.69. The van der Waals surface area contributed by atoms with Crippen molar-refractivity contribution in [2.75, 3.05) is 7.11 Å². The number of benzene rings is 1. The van der Waals surface area contributed by atoms with Crippen LogP contribution in [0.4, 0.5) is 0 Å². The van der Waals surface area contributed by atoms with Gasteiger partial charge >= 0.3 is 0 Å². The van der Waals surface area contributed by atoms with Crippen LogP contribution in [0.3, 0.4) is 0 Å². The van der Waals surface area contributed by atoms with E-state index in [0.29, 0.717) is 0 Å². The van der Waals surface area contributed by atoms with Crippen LogP contribution in [0.5, 0.6) is 5.75 Å². The van der Waals surface area contributed by atoms with Crippen LogP contribution in [0.15, 0.2) is 12.1 Å². The highest BCUT2D eigenvalue weighted by Gasteiger charge is 2.03. The Hall–Kier alpha value is -1.31. The van der Waals surface area contributed by atoms with Gasteiger partial charge in [-0.3, -0.25) is 4.79 Å². The molecule has 0 spiro atoms. The molecule has 0 saturated carbocycles. The molecule has 1 aromatic carbocycles. The van der Waals surface area contributed by atoms with E-state index in [1.165, 1.54) is 0 Å². The number of hydrogen-bond acceptors (Lipinski definition) is 2. The number of ether oxygens (including phenoxy) is 1. The number of rotatable bonds is 2. The molecule has 0 aromatic heterocycles. The molecule has 1 rings (SSSR count). The van der Waals surface area contributed by atoms with E-state index in [4.69, 9.17) is 4.74 Å². The van der Waals surface area contributed by atoms with Crippen LogP contribution in [0, 0.1) is 13.8 Å². The van der Waals surface area contributed by atoms with Crippen LogP contribution in [-0.4, -0.2) is 13.4 Å². The maximum absolute atomic E-state index is 10.6. The zero-order chi connectivity index (χ0) is 9.14. The summed E-state index contributed by atoms with van der Waals surface area (Å²) in [6, 6.07) is 3.72. The Balaban J connectivity index is 3.27. The fourth-order valence-electron chi connectivity index (χ4n) is 1.24. The number of methoxy groups -OCH3 is 1. The lowest BCUT2D eigenvalue weighted by atomic mass is 10.0. The molecule has 0 fully saturated rings. The topological polar surface area (TPSA) is 26.3 Å². The maximum Gasteiger partial charge on any atom is 0.150 e. The molecule has 0 radical (unpaired) electrons. The molecule has 0 aliphatic heterocycles. The summed E-state index contributed by atoms with van der Waals surface area (Å²) in [6.45, 7) is 3.80. The minimum Gasteiger partial charge on any atom is -0.497 e. The quantitative estimate of drug-likeness (QED) is 0.626. The van der Waals surface area contributed by atoms with Crippen molar-refractivity contribution in [1.82, 2.24) is 0 Å². The predicted molar refractivity (Wildman–Crippen MR) is 47.9 cm³/mol. The predicted octanol–water partition coefficient (Wildman–Crippen LogP) is 2.12. The molecule has 2 nitrogen and oxygen atoms in total. The molecule has 0 atom stereocenters. The molecular weight excluding hydrogens is 152 g/mol. The molecule has 0 amide bonds. The number of aryl methyl sites for hydroxylation is 2. The van der Waals surface area contributed by atoms with Crippen molar-refractivity contribution in [2.24, 2.45) is 0 Å². The Bertz CT molecular complexity index is 280. The van der Waals surface area contributed by atoms with Gasteiger partial charge in [0.2, 0.25) is 0 Å². The summed E-state index contributed by atoms with van der Waals surface area (Å²) in [7, 11) is 1.62. The van der Waals surface area contributed by atoms with E-state index in [1.807, 2.05) is 26.0 Å². The Kier molecular flexibility index (Phi) is 2.48. The molecular formula is C10H12O2. The Morgan fingerprint density at radius 1 is 1.25 bits per heavy atom. The fraction of sp³-hybridized carbons (Fsp3) is 0.300. The third kappa shape index (κ3) is 1.47. The SMILES string of the molecule is COc1cc(C)c(C=O)c(C)c1. The molecule has 0 unspecified atom stereocenters. The second-order valence-electron chi connectivity index (χ2n) is 2.79. The lowest BCUT2D eigenvalue weighted by Crippen LogP contribution is -1.93. The summed E-state index contributed by atoms with van der Waals surface area (Å²) in [5.41, 5.74) is 2.68. The summed E-state index contributed by atoms with van der Waals surface area (Å²) in [6.07, 6.45) is 0.879. The summed E-state index contributed by atoms with van der Waals surface area (Å²) >= 11 is 0. The zero-order valence-corrected chi connectivity index (χ0v) is 7.55. The van der Waals surface area contributed by atoms with E-state index < -0.39 is 0 Å². The fourth-order valence-corrected chi connectivity index (χ4v) is 1.24. The molecule has 12 heavy (non-hydrogen) atoms. The van der Waals surface area contributed by atoms with Gasteiger partial charge in [0, 0.05) is 5.56 Å². The van der Waals surface area contributed by atoms with Crippen molar-refractivity contribution >= 4 is 6.29 Å². The van der Waals surface area contributed by atoms with Gasteiger partial charge in [-0.05, 0) is 37.1 Å². The lowest BCUT2D eigenvalue weighted by Gasteiger charge is -2.06. The van der Waals surface area contributed by atoms with Gasteiger partial charge in [0.25, 0.3) is 0 Å². The first-order valence-corrected chi connectivity index (χ1v) is 3.79. The third-order valence-electron chi connectivity index (χ3n) is 1.92. The van der Waals surface area contributed by atoms with Crippen LogP contribution < -0.4 is 4.74 Å². The minimum atomic E-state index is 0.760. The molecule has 2 heteroatoms. The highest BCUT2D eigenvalue weighted by Crippen LogP contribution is 2.19. The largest absolute Gasteiger partial charge is 0.497 e. The summed E-state index contributed by atoms with van der Waals surface area (Å²) in [5, 5.41) is 0. The van der Waals surface area contributed by atoms with E-state index in [9.17, 15) is 4.79 Å². The average Bonchev–Trinajstić information content (AvgIpc) is 2.03. The Labute approximate surface area is 72.2 Å². The van der Waals surface area contributed by atoms with Crippen molar-refractivity contribution in [2.45, 2.75) is 13.8 Å². The average molecular weight is 164 g/mol. The number of aldehydes is 1. The van der Waals surface area contributed by atoms with E-state index in [-0.39, 0.29) is 0 Å². The van der Waals surface area contributed by atoms with Crippen molar-refractivity contribution in [3.63, 3.8) is 0 Å². The van der Waals surface area contributed by atoms with Crippen molar-refractivity contribution in [3.05, 3.63) is 28.8 Å². The number of hydrogen-bond donors (Lipinski definition) is 0. The van der Waals surface area contributed by atoms with E-state index in [1.54, 1.807) is 7.11 Å². The monoisotopic (exact) mass is 164 g/mol. The summed E-state index contributed by atoms with van der Waals surface area (Å²) in [5.74, 6) is 0.801. The molecule has 1 aromatic rings. The van der Waals surface area contributed by atoms with Gasteiger partial charge < -0.3 is 4.74 Å². The van der Waals surface area contributed by atoms with Gasteiger partial charge in [0.1, 0.15) is 5.75 Å². The van der Waals surface area contributed by atoms with E-state index in [0.717, 1.165) is 28.7 Å². The van der Waals surface area contributed by atoms with Crippen LogP contribution in [0.25, 0.3) is 0 Å². The van der Waals surface area contributed by atoms with Gasteiger partial charge in [0.05, 0.1) is 7.11 Å². The summed E-state index contributed by atoms with van der Waals surface area (Å²) < 4.78 is 5.06. The molecule has 0 N–H and O–H groups in total. The van der Waals surface area contributed by atoms with Gasteiger partial charge in [-0.2, -0.15) is 0 Å². The van der Waals surface area contributed by atoms with Crippen molar-refractivity contribution < 1.29 is 9.53 Å². The first-order valence-electron chi connectivity index (χ1n) is 3.79. The standard InChI is InChI=1S/C10H12O2/c1-7-4-9(12-3)5-8(2)10(7)6-11/h4-6H,1-3H3. The second-order valence-corrected chi connectivity index (χ2v) is 2.79. The first kappa shape index (κ1) is 8.78. The van der Waals surface area contributed by atoms with E-state index >= 15 is 0 Å². The summed E-state index contributed by atoms with van der Waals surface area (Å²) in [4.78, 5) is 10.6. The van der Waals surface area contributed by atoms with Gasteiger partial charge in [-0.25, -0.2) is 0 Å². The van der Waals surface area contributed by atoms with Crippen LogP contribution in [0.2, 0.25) is 0 Å². The smallest absolute Gasteiger partial charge is 0.150 e. The van der Waals surface area contributed by atoms with Crippen molar-refractivity contribution in [1.29, 1.82) is 0 Å². The molecule has 0 saturated heterocycles. The second kappa shape index (κ2) is 3.39. The molecule has 64 valence electrons. The normalized spacial score (nSPS) is 9.58. The van der Waals surface area contributed by atoms with Gasteiger partial charge in [0.15, 0.2) is 6.29 Å². The van der Waals surface area contributed by atoms with Gasteiger partial charge in [-0.1, -0.05) is 0 Å². The third-order valence-corrected chi connectivity index (χ3v) is 1.92. The highest BCUT2D eigenvalue weighted by molar-refractivity contribution is 5.79. The Morgan fingerprint density at radius 3 is 2.08 bits per heavy atom. The van der Waals surface area contributed by atoms with Gasteiger partial charge in [-0.15, -0.1) is 0 Å².